The molecule has 1 aliphatic heterocycles. The Morgan fingerprint density at radius 2 is 2.19 bits per heavy atom. The van der Waals surface area contributed by atoms with Crippen LogP contribution >= 0.6 is 12.4 Å². The molecule has 1 aromatic rings. The summed E-state index contributed by atoms with van der Waals surface area (Å²) in [5.74, 6) is 0.695. The topological polar surface area (TPSA) is 59.6 Å². The highest BCUT2D eigenvalue weighted by Crippen LogP contribution is 2.18. The van der Waals surface area contributed by atoms with Crippen LogP contribution in [0.5, 0.6) is 5.75 Å². The lowest BCUT2D eigenvalue weighted by molar-refractivity contribution is -0.128. The molecule has 0 radical (unpaired) electrons. The van der Waals surface area contributed by atoms with Gasteiger partial charge in [0, 0.05) is 18.8 Å². The fourth-order valence-electron chi connectivity index (χ4n) is 1.89. The fourth-order valence-corrected chi connectivity index (χ4v) is 1.89. The van der Waals surface area contributed by atoms with Gasteiger partial charge in [-0.1, -0.05) is 6.92 Å². The monoisotopic (exact) mass is 314 g/mol. The van der Waals surface area contributed by atoms with E-state index in [9.17, 15) is 4.79 Å². The van der Waals surface area contributed by atoms with Crippen LogP contribution < -0.4 is 15.4 Å². The van der Waals surface area contributed by atoms with E-state index in [2.05, 4.69) is 17.6 Å². The van der Waals surface area contributed by atoms with Gasteiger partial charge in [-0.25, -0.2) is 0 Å². The van der Waals surface area contributed by atoms with Crippen molar-refractivity contribution in [1.29, 1.82) is 0 Å². The van der Waals surface area contributed by atoms with E-state index < -0.39 is 6.10 Å². The summed E-state index contributed by atoms with van der Waals surface area (Å²) in [5.41, 5.74) is 0.751. The third-order valence-electron chi connectivity index (χ3n) is 3.25. The second kappa shape index (κ2) is 8.87. The summed E-state index contributed by atoms with van der Waals surface area (Å²) in [5, 5.41) is 5.98. The van der Waals surface area contributed by atoms with Crippen molar-refractivity contribution in [2.45, 2.75) is 32.5 Å². The maximum Gasteiger partial charge on any atom is 0.254 e. The van der Waals surface area contributed by atoms with Crippen LogP contribution in [-0.4, -0.2) is 37.8 Å². The fraction of sp³-hybridized carbons (Fsp3) is 0.533. The van der Waals surface area contributed by atoms with Crippen LogP contribution in [0, 0.1) is 0 Å². The van der Waals surface area contributed by atoms with Gasteiger partial charge in [0.15, 0.2) is 0 Å². The van der Waals surface area contributed by atoms with E-state index in [-0.39, 0.29) is 24.4 Å². The highest BCUT2D eigenvalue weighted by Gasteiger charge is 2.21. The molecule has 0 saturated carbocycles. The highest BCUT2D eigenvalue weighted by atomic mass is 35.5. The van der Waals surface area contributed by atoms with E-state index in [1.54, 1.807) is 0 Å². The number of hydrogen-bond acceptors (Lipinski definition) is 4. The first-order valence-electron chi connectivity index (χ1n) is 7.09. The smallest absolute Gasteiger partial charge is 0.254 e. The van der Waals surface area contributed by atoms with Crippen LogP contribution in [0.2, 0.25) is 0 Å². The molecule has 2 atom stereocenters. The van der Waals surface area contributed by atoms with Gasteiger partial charge >= 0.3 is 0 Å². The molecule has 0 aliphatic carbocycles. The maximum atomic E-state index is 12.0. The van der Waals surface area contributed by atoms with Crippen molar-refractivity contribution in [3.05, 3.63) is 24.3 Å². The second-order valence-electron chi connectivity index (χ2n) is 4.91. The first-order valence-corrected chi connectivity index (χ1v) is 7.09. The number of benzene rings is 1. The Hall–Kier alpha value is -1.30. The number of anilines is 1. The first-order chi connectivity index (χ1) is 9.69. The Bertz CT molecular complexity index is 433. The van der Waals surface area contributed by atoms with Crippen molar-refractivity contribution < 1.29 is 14.3 Å². The summed E-state index contributed by atoms with van der Waals surface area (Å²) in [6.07, 6.45) is 0.738. The minimum absolute atomic E-state index is 0. The Morgan fingerprint density at radius 3 is 2.76 bits per heavy atom. The summed E-state index contributed by atoms with van der Waals surface area (Å²) in [4.78, 5) is 12.0. The molecule has 1 heterocycles. The van der Waals surface area contributed by atoms with Gasteiger partial charge in [-0.15, -0.1) is 12.4 Å². The van der Waals surface area contributed by atoms with Crippen LogP contribution in [0.4, 0.5) is 5.69 Å². The number of ether oxygens (including phenoxy) is 2. The Labute approximate surface area is 131 Å². The van der Waals surface area contributed by atoms with Crippen LogP contribution in [-0.2, 0) is 9.53 Å². The summed E-state index contributed by atoms with van der Waals surface area (Å²) >= 11 is 0. The van der Waals surface area contributed by atoms with Gasteiger partial charge in [0.25, 0.3) is 5.91 Å². The van der Waals surface area contributed by atoms with Crippen molar-refractivity contribution in [2.75, 3.05) is 25.0 Å². The van der Waals surface area contributed by atoms with Crippen molar-refractivity contribution in [2.24, 2.45) is 0 Å². The molecule has 1 fully saturated rings. The zero-order chi connectivity index (χ0) is 14.4. The standard InChI is InChI=1S/C15H22N2O3.ClH/c1-3-11(2)20-13-6-4-12(5-7-13)17-15(18)14-10-16-8-9-19-14;/h4-7,11,14,16H,3,8-10H2,1-2H3,(H,17,18);1H. The predicted molar refractivity (Wildman–Crippen MR) is 85.3 cm³/mol. The molecule has 6 heteroatoms. The number of morpholine rings is 1. The number of hydrogen-bond donors (Lipinski definition) is 2. The molecule has 0 bridgehead atoms. The lowest BCUT2D eigenvalue weighted by Gasteiger charge is -2.22. The highest BCUT2D eigenvalue weighted by molar-refractivity contribution is 5.94. The molecule has 5 nitrogen and oxygen atoms in total. The van der Waals surface area contributed by atoms with Gasteiger partial charge < -0.3 is 20.1 Å². The molecule has 118 valence electrons. The average Bonchev–Trinajstić information content (AvgIpc) is 2.50. The molecule has 1 aromatic carbocycles. The third kappa shape index (κ3) is 5.53. The first kappa shape index (κ1) is 17.8. The molecule has 1 aliphatic rings. The van der Waals surface area contributed by atoms with Gasteiger partial charge in [-0.3, -0.25) is 4.79 Å². The van der Waals surface area contributed by atoms with Crippen molar-refractivity contribution in [3.8, 4) is 5.75 Å². The Kier molecular flexibility index (Phi) is 7.50. The molecule has 2 unspecified atom stereocenters. The molecular formula is C15H23ClN2O3. The van der Waals surface area contributed by atoms with Gasteiger partial charge in [0.05, 0.1) is 12.7 Å². The van der Waals surface area contributed by atoms with Crippen LogP contribution in [0.25, 0.3) is 0 Å². The van der Waals surface area contributed by atoms with E-state index in [4.69, 9.17) is 9.47 Å². The number of halogens is 1. The zero-order valence-corrected chi connectivity index (χ0v) is 13.2. The van der Waals surface area contributed by atoms with Crippen LogP contribution in [0.1, 0.15) is 20.3 Å². The largest absolute Gasteiger partial charge is 0.491 e. The average molecular weight is 315 g/mol. The Morgan fingerprint density at radius 1 is 1.48 bits per heavy atom. The minimum atomic E-state index is -0.417. The van der Waals surface area contributed by atoms with E-state index in [1.165, 1.54) is 0 Å². The molecule has 2 rings (SSSR count). The molecule has 21 heavy (non-hydrogen) atoms. The third-order valence-corrected chi connectivity index (χ3v) is 3.25. The summed E-state index contributed by atoms with van der Waals surface area (Å²) in [6, 6.07) is 7.40. The molecule has 2 N–H and O–H groups in total. The summed E-state index contributed by atoms with van der Waals surface area (Å²) < 4.78 is 11.1. The molecule has 0 aromatic heterocycles. The number of carbonyl (C=O) groups excluding carboxylic acids is 1. The molecule has 1 saturated heterocycles. The molecule has 1 amide bonds. The lowest BCUT2D eigenvalue weighted by atomic mass is 10.2. The molecular weight excluding hydrogens is 292 g/mol. The van der Waals surface area contributed by atoms with Crippen LogP contribution in [0.15, 0.2) is 24.3 Å². The SMILES string of the molecule is CCC(C)Oc1ccc(NC(=O)C2CNCCO2)cc1.Cl. The lowest BCUT2D eigenvalue weighted by Crippen LogP contribution is -2.45. The normalized spacial score (nSPS) is 19.2. The van der Waals surface area contributed by atoms with Crippen molar-refractivity contribution in [3.63, 3.8) is 0 Å². The van der Waals surface area contributed by atoms with Gasteiger partial charge in [-0.2, -0.15) is 0 Å². The summed E-state index contributed by atoms with van der Waals surface area (Å²) in [7, 11) is 0. The number of rotatable bonds is 5. The van der Waals surface area contributed by atoms with Gasteiger partial charge in [0.1, 0.15) is 11.9 Å². The van der Waals surface area contributed by atoms with E-state index >= 15 is 0 Å². The minimum Gasteiger partial charge on any atom is -0.491 e. The van der Waals surface area contributed by atoms with E-state index in [0.717, 1.165) is 24.4 Å². The maximum absolute atomic E-state index is 12.0. The zero-order valence-electron chi connectivity index (χ0n) is 12.4. The predicted octanol–water partition coefficient (Wildman–Crippen LogP) is 2.21. The van der Waals surface area contributed by atoms with E-state index in [0.29, 0.717) is 13.2 Å². The second-order valence-corrected chi connectivity index (χ2v) is 4.91. The number of nitrogens with one attached hydrogen (secondary N) is 2. The number of amides is 1. The van der Waals surface area contributed by atoms with Crippen molar-refractivity contribution >= 4 is 24.0 Å². The summed E-state index contributed by atoms with van der Waals surface area (Å²) in [6.45, 7) is 6.03. The van der Waals surface area contributed by atoms with Gasteiger partial charge in [0.2, 0.25) is 0 Å². The van der Waals surface area contributed by atoms with Gasteiger partial charge in [-0.05, 0) is 37.6 Å². The van der Waals surface area contributed by atoms with Crippen molar-refractivity contribution in [1.82, 2.24) is 5.32 Å². The Balaban J connectivity index is 0.00000220. The van der Waals surface area contributed by atoms with Crippen LogP contribution in [0.3, 0.4) is 0 Å². The van der Waals surface area contributed by atoms with E-state index in [1.807, 2.05) is 31.2 Å². The molecule has 0 spiro atoms. The quantitative estimate of drug-likeness (QED) is 0.875. The number of carbonyl (C=O) groups is 1.